The molecule has 2 N–H and O–H groups in total. The van der Waals surface area contributed by atoms with Gasteiger partial charge in [0.15, 0.2) is 9.84 Å². The number of sulfone groups is 1. The number of hydrogen-bond acceptors (Lipinski definition) is 3. The summed E-state index contributed by atoms with van der Waals surface area (Å²) in [5.41, 5.74) is 5.58. The van der Waals surface area contributed by atoms with Crippen molar-refractivity contribution in [2.75, 3.05) is 5.75 Å². The Labute approximate surface area is 105 Å². The molecular weight excluding hydrogens is 290 g/mol. The van der Waals surface area contributed by atoms with Crippen LogP contribution >= 0.6 is 15.9 Å². The van der Waals surface area contributed by atoms with E-state index in [4.69, 9.17) is 5.73 Å². The molecule has 1 aromatic carbocycles. The van der Waals surface area contributed by atoms with Gasteiger partial charge in [-0.25, -0.2) is 8.42 Å². The largest absolute Gasteiger partial charge is 0.328 e. The smallest absolute Gasteiger partial charge is 0.178 e. The monoisotopic (exact) mass is 305 g/mol. The summed E-state index contributed by atoms with van der Waals surface area (Å²) in [6.45, 7) is 1.88. The minimum absolute atomic E-state index is 0.0534. The first kappa shape index (κ1) is 13.7. The summed E-state index contributed by atoms with van der Waals surface area (Å²) in [4.78, 5) is 0.367. The molecule has 1 unspecified atom stereocenters. The second kappa shape index (κ2) is 5.80. The van der Waals surface area contributed by atoms with Gasteiger partial charge < -0.3 is 5.73 Å². The maximum Gasteiger partial charge on any atom is 0.178 e. The van der Waals surface area contributed by atoms with E-state index in [-0.39, 0.29) is 11.8 Å². The van der Waals surface area contributed by atoms with Crippen molar-refractivity contribution in [3.05, 3.63) is 28.7 Å². The predicted molar refractivity (Wildman–Crippen MR) is 69.1 cm³/mol. The Balaban J connectivity index is 2.71. The van der Waals surface area contributed by atoms with Gasteiger partial charge in [-0.1, -0.05) is 22.0 Å². The van der Waals surface area contributed by atoms with Crippen LogP contribution in [0.1, 0.15) is 19.8 Å². The van der Waals surface area contributed by atoms with E-state index in [1.54, 1.807) is 24.3 Å². The molecule has 0 aliphatic carbocycles. The third-order valence-electron chi connectivity index (χ3n) is 2.23. The van der Waals surface area contributed by atoms with Crippen molar-refractivity contribution in [2.24, 2.45) is 5.73 Å². The third-order valence-corrected chi connectivity index (χ3v) is 4.52. The molecule has 0 aliphatic heterocycles. The summed E-state index contributed by atoms with van der Waals surface area (Å²) in [7, 11) is -3.16. The summed E-state index contributed by atoms with van der Waals surface area (Å²) in [5, 5.41) is 0. The van der Waals surface area contributed by atoms with Crippen LogP contribution in [0.25, 0.3) is 0 Å². The summed E-state index contributed by atoms with van der Waals surface area (Å²) in [6.07, 6.45) is 1.33. The van der Waals surface area contributed by atoms with Crippen molar-refractivity contribution in [1.29, 1.82) is 0 Å². The maximum atomic E-state index is 11.9. The van der Waals surface area contributed by atoms with Gasteiger partial charge in [0.05, 0.1) is 10.6 Å². The zero-order chi connectivity index (χ0) is 12.2. The molecule has 0 fully saturated rings. The van der Waals surface area contributed by atoms with E-state index < -0.39 is 9.84 Å². The Morgan fingerprint density at radius 3 is 2.69 bits per heavy atom. The molecule has 90 valence electrons. The number of halogens is 1. The molecule has 0 heterocycles. The third kappa shape index (κ3) is 4.23. The minimum Gasteiger partial charge on any atom is -0.328 e. The number of nitrogens with two attached hydrogens (primary N) is 1. The van der Waals surface area contributed by atoms with Crippen molar-refractivity contribution in [2.45, 2.75) is 30.7 Å². The lowest BCUT2D eigenvalue weighted by Gasteiger charge is -2.06. The molecule has 16 heavy (non-hydrogen) atoms. The average Bonchev–Trinajstić information content (AvgIpc) is 2.16. The first-order valence-corrected chi connectivity index (χ1v) is 7.60. The fourth-order valence-electron chi connectivity index (χ4n) is 1.37. The van der Waals surface area contributed by atoms with E-state index in [0.717, 1.165) is 10.9 Å². The second-order valence-electron chi connectivity index (χ2n) is 3.90. The highest BCUT2D eigenvalue weighted by Gasteiger charge is 2.14. The van der Waals surface area contributed by atoms with E-state index >= 15 is 0 Å². The Morgan fingerprint density at radius 1 is 1.44 bits per heavy atom. The van der Waals surface area contributed by atoms with Crippen molar-refractivity contribution >= 4 is 25.8 Å². The van der Waals surface area contributed by atoms with Crippen LogP contribution in [0.2, 0.25) is 0 Å². The zero-order valence-corrected chi connectivity index (χ0v) is 11.6. The molecule has 1 aromatic rings. The van der Waals surface area contributed by atoms with Gasteiger partial charge in [0, 0.05) is 10.5 Å². The normalized spacial score (nSPS) is 13.7. The minimum atomic E-state index is -3.16. The summed E-state index contributed by atoms with van der Waals surface area (Å²) < 4.78 is 24.6. The maximum absolute atomic E-state index is 11.9. The van der Waals surface area contributed by atoms with Gasteiger partial charge in [0.2, 0.25) is 0 Å². The van der Waals surface area contributed by atoms with E-state index in [2.05, 4.69) is 15.9 Å². The molecular formula is C11H16BrNO2S. The van der Waals surface area contributed by atoms with E-state index in [9.17, 15) is 8.42 Å². The highest BCUT2D eigenvalue weighted by Crippen LogP contribution is 2.18. The van der Waals surface area contributed by atoms with Crippen LogP contribution in [0.15, 0.2) is 33.6 Å². The molecule has 3 nitrogen and oxygen atoms in total. The Bertz CT molecular complexity index is 443. The van der Waals surface area contributed by atoms with Gasteiger partial charge in [-0.05, 0) is 38.0 Å². The molecule has 5 heteroatoms. The quantitative estimate of drug-likeness (QED) is 0.908. The Hall–Kier alpha value is -0.390. The molecule has 0 amide bonds. The van der Waals surface area contributed by atoms with Crippen molar-refractivity contribution in [3.8, 4) is 0 Å². The van der Waals surface area contributed by atoms with Crippen LogP contribution in [0.5, 0.6) is 0 Å². The van der Waals surface area contributed by atoms with E-state index in [0.29, 0.717) is 11.3 Å². The molecule has 0 aliphatic rings. The van der Waals surface area contributed by atoms with Crippen LogP contribution < -0.4 is 5.73 Å². The van der Waals surface area contributed by atoms with Crippen LogP contribution in [0.3, 0.4) is 0 Å². The van der Waals surface area contributed by atoms with Gasteiger partial charge in [0.1, 0.15) is 0 Å². The van der Waals surface area contributed by atoms with Crippen molar-refractivity contribution in [1.82, 2.24) is 0 Å². The van der Waals surface area contributed by atoms with E-state index in [1.165, 1.54) is 0 Å². The van der Waals surface area contributed by atoms with Gasteiger partial charge >= 0.3 is 0 Å². The fraction of sp³-hybridized carbons (Fsp3) is 0.455. The lowest BCUT2D eigenvalue weighted by molar-refractivity contribution is 0.585. The molecule has 0 spiro atoms. The van der Waals surface area contributed by atoms with Gasteiger partial charge in [-0.2, -0.15) is 0 Å². The lowest BCUT2D eigenvalue weighted by atomic mass is 10.2. The average molecular weight is 306 g/mol. The van der Waals surface area contributed by atoms with Crippen LogP contribution in [-0.2, 0) is 9.84 Å². The number of benzene rings is 1. The molecule has 0 saturated carbocycles. The zero-order valence-electron chi connectivity index (χ0n) is 9.19. The molecule has 0 bridgehead atoms. The number of rotatable bonds is 5. The van der Waals surface area contributed by atoms with E-state index in [1.807, 2.05) is 6.92 Å². The van der Waals surface area contributed by atoms with Crippen LogP contribution in [0.4, 0.5) is 0 Å². The summed E-state index contributed by atoms with van der Waals surface area (Å²) >= 11 is 3.26. The number of hydrogen-bond donors (Lipinski definition) is 1. The van der Waals surface area contributed by atoms with Gasteiger partial charge in [-0.15, -0.1) is 0 Å². The van der Waals surface area contributed by atoms with Gasteiger partial charge in [0.25, 0.3) is 0 Å². The second-order valence-corrected chi connectivity index (χ2v) is 6.92. The van der Waals surface area contributed by atoms with Crippen molar-refractivity contribution in [3.63, 3.8) is 0 Å². The standard InChI is InChI=1S/C11H16BrNO2S/c1-9(13)4-3-7-16(14,15)11-6-2-5-10(12)8-11/h2,5-6,8-9H,3-4,7,13H2,1H3. The first-order valence-electron chi connectivity index (χ1n) is 5.16. The summed E-state index contributed by atoms with van der Waals surface area (Å²) in [6, 6.07) is 6.83. The van der Waals surface area contributed by atoms with Crippen LogP contribution in [-0.4, -0.2) is 20.2 Å². The van der Waals surface area contributed by atoms with Crippen molar-refractivity contribution < 1.29 is 8.42 Å². The Kier molecular flexibility index (Phi) is 4.95. The topological polar surface area (TPSA) is 60.2 Å². The highest BCUT2D eigenvalue weighted by atomic mass is 79.9. The SMILES string of the molecule is CC(N)CCCS(=O)(=O)c1cccc(Br)c1. The molecule has 1 rings (SSSR count). The van der Waals surface area contributed by atoms with Crippen LogP contribution in [0, 0.1) is 0 Å². The highest BCUT2D eigenvalue weighted by molar-refractivity contribution is 9.10. The molecule has 0 aromatic heterocycles. The predicted octanol–water partition coefficient (Wildman–Crippen LogP) is 2.35. The van der Waals surface area contributed by atoms with Gasteiger partial charge in [-0.3, -0.25) is 0 Å². The lowest BCUT2D eigenvalue weighted by Crippen LogP contribution is -2.16. The molecule has 1 atom stereocenters. The fourth-order valence-corrected chi connectivity index (χ4v) is 3.30. The molecule has 0 radical (unpaired) electrons. The Morgan fingerprint density at radius 2 is 2.12 bits per heavy atom. The molecule has 0 saturated heterocycles. The first-order chi connectivity index (χ1) is 7.42. The summed E-state index contributed by atoms with van der Waals surface area (Å²) in [5.74, 6) is 0.158.